The van der Waals surface area contributed by atoms with Crippen LogP contribution in [0.1, 0.15) is 25.1 Å². The van der Waals surface area contributed by atoms with Crippen LogP contribution in [0.25, 0.3) is 22.6 Å². The molecule has 13 heteroatoms. The fraction of sp³-hybridized carbons (Fsp3) is 0.238. The number of aromatic hydroxyl groups is 1. The molecule has 0 saturated heterocycles. The van der Waals surface area contributed by atoms with Crippen LogP contribution in [0.5, 0.6) is 5.88 Å². The van der Waals surface area contributed by atoms with Gasteiger partial charge in [-0.25, -0.2) is 27.2 Å². The van der Waals surface area contributed by atoms with Crippen molar-refractivity contribution in [2.75, 3.05) is 7.11 Å². The predicted molar refractivity (Wildman–Crippen MR) is 108 cm³/mol. The average molecular weight is 476 g/mol. The Labute approximate surface area is 189 Å². The quantitative estimate of drug-likeness (QED) is 0.266. The lowest BCUT2D eigenvalue weighted by Gasteiger charge is -2.20. The number of hydrogen-bond donors (Lipinski definition) is 1. The first kappa shape index (κ1) is 23.0. The SMILES string of the molecule is COC(=O)C(C)(C)c1nnc(-c2nn(Cc3c(F)ccc(F)c3F)c3ncc(F)cc23)nc1O. The molecule has 0 unspecified atom stereocenters. The Bertz CT molecular complexity index is 1440. The van der Waals surface area contributed by atoms with E-state index >= 15 is 0 Å². The van der Waals surface area contributed by atoms with Crippen LogP contribution in [0.4, 0.5) is 17.6 Å². The maximum atomic E-state index is 14.2. The van der Waals surface area contributed by atoms with Gasteiger partial charge in [0.25, 0.3) is 0 Å². The number of esters is 1. The number of fused-ring (bicyclic) bond motifs is 1. The summed E-state index contributed by atoms with van der Waals surface area (Å²) in [5.41, 5.74) is -2.33. The molecule has 0 aliphatic carbocycles. The van der Waals surface area contributed by atoms with Crippen molar-refractivity contribution in [2.24, 2.45) is 0 Å². The van der Waals surface area contributed by atoms with Crippen molar-refractivity contribution in [2.45, 2.75) is 25.8 Å². The van der Waals surface area contributed by atoms with E-state index in [2.05, 4.69) is 25.3 Å². The highest BCUT2D eigenvalue weighted by Gasteiger charge is 2.37. The predicted octanol–water partition coefficient (Wildman–Crippen LogP) is 3.04. The lowest BCUT2D eigenvalue weighted by molar-refractivity contribution is -0.146. The summed E-state index contributed by atoms with van der Waals surface area (Å²) in [4.78, 5) is 19.8. The fourth-order valence-electron chi connectivity index (χ4n) is 3.35. The van der Waals surface area contributed by atoms with Gasteiger partial charge in [-0.3, -0.25) is 4.79 Å². The molecule has 9 nitrogen and oxygen atoms in total. The van der Waals surface area contributed by atoms with Crippen LogP contribution < -0.4 is 0 Å². The van der Waals surface area contributed by atoms with Crippen molar-refractivity contribution >= 4 is 17.0 Å². The van der Waals surface area contributed by atoms with Gasteiger partial charge in [-0.15, -0.1) is 10.2 Å². The molecule has 4 rings (SSSR count). The van der Waals surface area contributed by atoms with Crippen LogP contribution in [0.3, 0.4) is 0 Å². The Hall–Kier alpha value is -4.16. The molecule has 1 aromatic carbocycles. The lowest BCUT2D eigenvalue weighted by atomic mass is 9.89. The van der Waals surface area contributed by atoms with Gasteiger partial charge in [0.15, 0.2) is 17.3 Å². The molecule has 3 aromatic heterocycles. The smallest absolute Gasteiger partial charge is 0.317 e. The molecular formula is C21H16F4N6O3. The fourth-order valence-corrected chi connectivity index (χ4v) is 3.35. The van der Waals surface area contributed by atoms with E-state index in [1.807, 2.05) is 0 Å². The van der Waals surface area contributed by atoms with Gasteiger partial charge in [-0.2, -0.15) is 10.1 Å². The second-order valence-electron chi connectivity index (χ2n) is 7.78. The van der Waals surface area contributed by atoms with Crippen LogP contribution in [0.2, 0.25) is 0 Å². The number of benzene rings is 1. The van der Waals surface area contributed by atoms with E-state index in [0.717, 1.165) is 23.0 Å². The molecule has 0 spiro atoms. The normalized spacial score (nSPS) is 11.7. The van der Waals surface area contributed by atoms with Gasteiger partial charge >= 0.3 is 5.97 Å². The van der Waals surface area contributed by atoms with Crippen molar-refractivity contribution in [3.63, 3.8) is 0 Å². The van der Waals surface area contributed by atoms with Crippen molar-refractivity contribution < 1.29 is 32.2 Å². The van der Waals surface area contributed by atoms with Crippen LogP contribution in [-0.2, 0) is 21.5 Å². The maximum Gasteiger partial charge on any atom is 0.317 e. The number of carbonyl (C=O) groups excluding carboxylic acids is 1. The van der Waals surface area contributed by atoms with E-state index in [9.17, 15) is 27.5 Å². The highest BCUT2D eigenvalue weighted by atomic mass is 19.2. The zero-order valence-corrected chi connectivity index (χ0v) is 18.0. The Morgan fingerprint density at radius 1 is 1.15 bits per heavy atom. The van der Waals surface area contributed by atoms with Crippen LogP contribution in [0, 0.1) is 23.3 Å². The topological polar surface area (TPSA) is 116 Å². The molecule has 0 radical (unpaired) electrons. The number of nitrogens with zero attached hydrogens (tertiary/aromatic N) is 6. The number of rotatable bonds is 5. The molecule has 0 amide bonds. The largest absolute Gasteiger partial charge is 0.492 e. The van der Waals surface area contributed by atoms with Gasteiger partial charge in [-0.05, 0) is 32.0 Å². The summed E-state index contributed by atoms with van der Waals surface area (Å²) in [6.45, 7) is 2.29. The minimum atomic E-state index is -1.41. The number of halogens is 4. The van der Waals surface area contributed by atoms with E-state index in [1.165, 1.54) is 21.0 Å². The number of hydrogen-bond acceptors (Lipinski definition) is 8. The summed E-state index contributed by atoms with van der Waals surface area (Å²) < 4.78 is 61.7. The minimum Gasteiger partial charge on any atom is -0.492 e. The molecule has 0 aliphatic heterocycles. The molecule has 176 valence electrons. The molecule has 34 heavy (non-hydrogen) atoms. The van der Waals surface area contributed by atoms with Crippen LogP contribution in [-0.4, -0.2) is 48.1 Å². The van der Waals surface area contributed by atoms with Gasteiger partial charge in [0.1, 0.15) is 28.4 Å². The van der Waals surface area contributed by atoms with E-state index in [1.54, 1.807) is 0 Å². The minimum absolute atomic E-state index is 0.0125. The molecule has 0 aliphatic rings. The number of aromatic nitrogens is 6. The standard InChI is InChI=1S/C21H16F4N6O3/c1-21(2,20(33)34-3)16-19(32)27-17(29-28-16)15-10-6-9(22)7-26-18(10)31(30-15)8-11-12(23)4-5-13(24)14(11)25/h4-7H,8H2,1-3H3,(H,27,29,32). The second-order valence-corrected chi connectivity index (χ2v) is 7.78. The van der Waals surface area contributed by atoms with Crippen molar-refractivity contribution in [1.29, 1.82) is 0 Å². The second kappa shape index (κ2) is 8.32. The van der Waals surface area contributed by atoms with Gasteiger partial charge in [-0.1, -0.05) is 0 Å². The average Bonchev–Trinajstić information content (AvgIpc) is 3.15. The van der Waals surface area contributed by atoms with Crippen LogP contribution >= 0.6 is 0 Å². The third-order valence-electron chi connectivity index (χ3n) is 5.17. The van der Waals surface area contributed by atoms with Gasteiger partial charge in [0, 0.05) is 5.56 Å². The maximum absolute atomic E-state index is 14.2. The zero-order chi connectivity index (χ0) is 24.8. The molecule has 1 N–H and O–H groups in total. The summed E-state index contributed by atoms with van der Waals surface area (Å²) >= 11 is 0. The summed E-state index contributed by atoms with van der Waals surface area (Å²) in [5.74, 6) is -6.07. The molecule has 3 heterocycles. The number of pyridine rings is 1. The molecule has 4 aromatic rings. The zero-order valence-electron chi connectivity index (χ0n) is 18.0. The molecule has 0 bridgehead atoms. The summed E-state index contributed by atoms with van der Waals surface area (Å²) in [6, 6.07) is 2.44. The molecular weight excluding hydrogens is 460 g/mol. The monoisotopic (exact) mass is 476 g/mol. The van der Waals surface area contributed by atoms with E-state index in [0.29, 0.717) is 6.07 Å². The Morgan fingerprint density at radius 2 is 1.85 bits per heavy atom. The summed E-state index contributed by atoms with van der Waals surface area (Å²) in [6.07, 6.45) is 0.862. The Balaban J connectivity index is 1.85. The number of ether oxygens (including phenoxy) is 1. The van der Waals surface area contributed by atoms with E-state index < -0.39 is 52.6 Å². The summed E-state index contributed by atoms with van der Waals surface area (Å²) in [5, 5.41) is 22.4. The van der Waals surface area contributed by atoms with E-state index in [4.69, 9.17) is 4.74 Å². The van der Waals surface area contributed by atoms with Crippen molar-refractivity contribution in [3.05, 3.63) is 58.9 Å². The molecule has 0 fully saturated rings. The van der Waals surface area contributed by atoms with E-state index in [-0.39, 0.29) is 28.2 Å². The first-order valence-corrected chi connectivity index (χ1v) is 9.72. The first-order chi connectivity index (χ1) is 16.0. The Morgan fingerprint density at radius 3 is 2.53 bits per heavy atom. The third-order valence-corrected chi connectivity index (χ3v) is 5.17. The van der Waals surface area contributed by atoms with Crippen molar-refractivity contribution in [3.8, 4) is 17.4 Å². The van der Waals surface area contributed by atoms with Gasteiger partial charge < -0.3 is 9.84 Å². The number of methoxy groups -OCH3 is 1. The first-order valence-electron chi connectivity index (χ1n) is 9.72. The molecule has 0 saturated carbocycles. The molecule has 0 atom stereocenters. The highest BCUT2D eigenvalue weighted by Crippen LogP contribution is 2.32. The van der Waals surface area contributed by atoms with Gasteiger partial charge in [0.2, 0.25) is 11.7 Å². The third kappa shape index (κ3) is 3.78. The summed E-state index contributed by atoms with van der Waals surface area (Å²) in [7, 11) is 1.17. The van der Waals surface area contributed by atoms with Crippen LogP contribution in [0.15, 0.2) is 24.4 Å². The Kier molecular flexibility index (Phi) is 5.63. The lowest BCUT2D eigenvalue weighted by Crippen LogP contribution is -2.32. The van der Waals surface area contributed by atoms with Crippen molar-refractivity contribution in [1.82, 2.24) is 29.9 Å². The highest BCUT2D eigenvalue weighted by molar-refractivity contribution is 5.89. The van der Waals surface area contributed by atoms with Gasteiger partial charge in [0.05, 0.1) is 25.2 Å². The number of carbonyl (C=O) groups is 1.